The Hall–Kier alpha value is -2.52. The summed E-state index contributed by atoms with van der Waals surface area (Å²) >= 11 is 5.78. The molecular weight excluding hydrogens is 351 g/mol. The second-order valence-electron chi connectivity index (χ2n) is 5.55. The fourth-order valence-electron chi connectivity index (χ4n) is 2.51. The first kappa shape index (κ1) is 16.0. The van der Waals surface area contributed by atoms with Gasteiger partial charge < -0.3 is 14.5 Å². The molecule has 0 spiro atoms. The summed E-state index contributed by atoms with van der Waals surface area (Å²) in [6.45, 7) is 1.06. The molecule has 1 unspecified atom stereocenters. The lowest BCUT2D eigenvalue weighted by Gasteiger charge is -2.02. The molecule has 1 aliphatic rings. The van der Waals surface area contributed by atoms with Gasteiger partial charge in [-0.15, -0.1) is 10.2 Å². The van der Waals surface area contributed by atoms with Crippen LogP contribution in [0.3, 0.4) is 0 Å². The van der Waals surface area contributed by atoms with E-state index in [-0.39, 0.29) is 11.1 Å². The fourth-order valence-corrected chi connectivity index (χ4v) is 2.68. The largest absolute Gasteiger partial charge is 0.405 e. The highest BCUT2D eigenvalue weighted by Crippen LogP contribution is 2.28. The lowest BCUT2D eigenvalue weighted by Crippen LogP contribution is -2.00. The highest BCUT2D eigenvalue weighted by atomic mass is 35.5. The molecule has 0 bridgehead atoms. The van der Waals surface area contributed by atoms with Gasteiger partial charge in [-0.05, 0) is 31.0 Å². The van der Waals surface area contributed by atoms with E-state index in [9.17, 15) is 4.39 Å². The maximum absolute atomic E-state index is 13.2. The monoisotopic (exact) mass is 364 g/mol. The fraction of sp³-hybridized carbons (Fsp3) is 0.333. The average Bonchev–Trinajstić information content (AvgIpc) is 3.36. The molecule has 1 fully saturated rings. The summed E-state index contributed by atoms with van der Waals surface area (Å²) in [5.41, 5.74) is 1.26. The van der Waals surface area contributed by atoms with Crippen molar-refractivity contribution in [3.8, 4) is 5.69 Å². The number of nitrogens with zero attached hydrogens (tertiary/aromatic N) is 5. The van der Waals surface area contributed by atoms with Crippen LogP contribution in [0.1, 0.15) is 30.5 Å². The number of benzene rings is 1. The molecule has 0 radical (unpaired) electrons. The Balaban J connectivity index is 1.40. The number of rotatable bonds is 5. The van der Waals surface area contributed by atoms with Crippen molar-refractivity contribution in [1.29, 1.82) is 0 Å². The Kier molecular flexibility index (Phi) is 4.33. The van der Waals surface area contributed by atoms with Crippen molar-refractivity contribution < 1.29 is 13.5 Å². The van der Waals surface area contributed by atoms with Crippen molar-refractivity contribution in [1.82, 2.24) is 25.2 Å². The van der Waals surface area contributed by atoms with Gasteiger partial charge in [0, 0.05) is 6.61 Å². The Labute approximate surface area is 146 Å². The van der Waals surface area contributed by atoms with Crippen molar-refractivity contribution in [2.45, 2.75) is 25.5 Å². The minimum absolute atomic E-state index is 0.0280. The van der Waals surface area contributed by atoms with Crippen molar-refractivity contribution in [3.63, 3.8) is 0 Å². The van der Waals surface area contributed by atoms with Crippen LogP contribution in [0.2, 0.25) is 5.02 Å². The first-order chi connectivity index (χ1) is 12.2. The van der Waals surface area contributed by atoms with E-state index in [1.807, 2.05) is 0 Å². The smallest absolute Gasteiger partial charge is 0.315 e. The molecule has 1 aromatic carbocycles. The summed E-state index contributed by atoms with van der Waals surface area (Å²) in [5, 5.41) is 19.0. The molecule has 2 aromatic heterocycles. The summed E-state index contributed by atoms with van der Waals surface area (Å²) in [7, 11) is 0. The Morgan fingerprint density at radius 1 is 1.32 bits per heavy atom. The molecule has 0 aliphatic carbocycles. The highest BCUT2D eigenvalue weighted by Gasteiger charge is 2.23. The third kappa shape index (κ3) is 3.47. The Morgan fingerprint density at radius 3 is 3.04 bits per heavy atom. The predicted molar refractivity (Wildman–Crippen MR) is 85.9 cm³/mol. The lowest BCUT2D eigenvalue weighted by molar-refractivity contribution is 0.0897. The van der Waals surface area contributed by atoms with Crippen LogP contribution in [-0.4, -0.2) is 31.8 Å². The quantitative estimate of drug-likeness (QED) is 0.744. The first-order valence-corrected chi connectivity index (χ1v) is 8.12. The molecule has 130 valence electrons. The molecule has 1 aliphatic heterocycles. The SMILES string of the molecule is Fc1ccc(-n2cc(CNc3nnc(C4CCCO4)o3)nn2)cc1Cl. The summed E-state index contributed by atoms with van der Waals surface area (Å²) in [6.07, 6.45) is 3.46. The zero-order valence-corrected chi connectivity index (χ0v) is 13.8. The van der Waals surface area contributed by atoms with E-state index in [2.05, 4.69) is 25.8 Å². The molecule has 25 heavy (non-hydrogen) atoms. The summed E-state index contributed by atoms with van der Waals surface area (Å²) < 4.78 is 25.8. The van der Waals surface area contributed by atoms with Gasteiger partial charge in [0.1, 0.15) is 17.6 Å². The molecule has 8 nitrogen and oxygen atoms in total. The number of ether oxygens (including phenoxy) is 1. The van der Waals surface area contributed by atoms with Crippen LogP contribution in [-0.2, 0) is 11.3 Å². The molecule has 1 saturated heterocycles. The Morgan fingerprint density at radius 2 is 2.24 bits per heavy atom. The van der Waals surface area contributed by atoms with Crippen molar-refractivity contribution in [2.75, 3.05) is 11.9 Å². The number of nitrogens with one attached hydrogen (secondary N) is 1. The Bertz CT molecular complexity index is 877. The van der Waals surface area contributed by atoms with Gasteiger partial charge in [0.15, 0.2) is 0 Å². The molecular formula is C15H14ClFN6O2. The molecule has 0 amide bonds. The van der Waals surface area contributed by atoms with Crippen LogP contribution in [0.5, 0.6) is 0 Å². The van der Waals surface area contributed by atoms with Crippen LogP contribution in [0.25, 0.3) is 5.69 Å². The number of hydrogen-bond acceptors (Lipinski definition) is 7. The minimum atomic E-state index is -0.481. The van der Waals surface area contributed by atoms with E-state index in [4.69, 9.17) is 20.8 Å². The molecule has 4 rings (SSSR count). The zero-order valence-electron chi connectivity index (χ0n) is 13.0. The third-order valence-corrected chi connectivity index (χ3v) is 4.06. The molecule has 1 atom stereocenters. The minimum Gasteiger partial charge on any atom is -0.405 e. The van der Waals surface area contributed by atoms with Gasteiger partial charge in [-0.25, -0.2) is 9.07 Å². The van der Waals surface area contributed by atoms with Crippen LogP contribution < -0.4 is 5.32 Å². The summed E-state index contributed by atoms with van der Waals surface area (Å²) in [5.74, 6) is -0.00419. The van der Waals surface area contributed by atoms with Gasteiger partial charge in [-0.3, -0.25) is 0 Å². The molecule has 1 N–H and O–H groups in total. The average molecular weight is 365 g/mol. The van der Waals surface area contributed by atoms with Crippen LogP contribution in [0.15, 0.2) is 28.8 Å². The second-order valence-corrected chi connectivity index (χ2v) is 5.96. The van der Waals surface area contributed by atoms with Gasteiger partial charge in [0.05, 0.1) is 23.5 Å². The first-order valence-electron chi connectivity index (χ1n) is 7.74. The standard InChI is InChI=1S/C15H14ClFN6O2/c16-11-6-10(3-4-12(11)17)23-8-9(19-22-23)7-18-15-21-20-14(25-15)13-2-1-5-24-13/h3-4,6,8,13H,1-2,5,7H2,(H,18,21). The van der Waals surface area contributed by atoms with Gasteiger partial charge in [0.25, 0.3) is 0 Å². The van der Waals surface area contributed by atoms with Crippen LogP contribution in [0.4, 0.5) is 10.4 Å². The summed E-state index contributed by atoms with van der Waals surface area (Å²) in [6, 6.07) is 4.63. The van der Waals surface area contributed by atoms with E-state index >= 15 is 0 Å². The van der Waals surface area contributed by atoms with Gasteiger partial charge >= 0.3 is 6.01 Å². The second kappa shape index (κ2) is 6.77. The predicted octanol–water partition coefficient (Wildman–Crippen LogP) is 2.91. The zero-order chi connectivity index (χ0) is 17.2. The third-order valence-electron chi connectivity index (χ3n) is 3.78. The van der Waals surface area contributed by atoms with Crippen molar-refractivity contribution >= 4 is 17.6 Å². The number of hydrogen-bond donors (Lipinski definition) is 1. The number of halogens is 2. The van der Waals surface area contributed by atoms with Crippen LogP contribution in [0, 0.1) is 5.82 Å². The van der Waals surface area contributed by atoms with Gasteiger partial charge in [0.2, 0.25) is 5.89 Å². The van der Waals surface area contributed by atoms with E-state index in [1.54, 1.807) is 12.3 Å². The normalized spacial score (nSPS) is 17.1. The van der Waals surface area contributed by atoms with E-state index in [0.29, 0.717) is 36.4 Å². The topological polar surface area (TPSA) is 90.9 Å². The molecule has 3 aromatic rings. The summed E-state index contributed by atoms with van der Waals surface area (Å²) in [4.78, 5) is 0. The van der Waals surface area contributed by atoms with Gasteiger partial charge in [-0.2, -0.15) is 0 Å². The maximum Gasteiger partial charge on any atom is 0.315 e. The van der Waals surface area contributed by atoms with Crippen LogP contribution >= 0.6 is 11.6 Å². The maximum atomic E-state index is 13.2. The molecule has 3 heterocycles. The van der Waals surface area contributed by atoms with Crippen molar-refractivity contribution in [3.05, 3.63) is 46.8 Å². The van der Waals surface area contributed by atoms with Gasteiger partial charge in [-0.1, -0.05) is 21.9 Å². The molecule has 0 saturated carbocycles. The van der Waals surface area contributed by atoms with E-state index < -0.39 is 5.82 Å². The van der Waals surface area contributed by atoms with E-state index in [0.717, 1.165) is 12.8 Å². The number of aromatic nitrogens is 5. The van der Waals surface area contributed by atoms with E-state index in [1.165, 1.54) is 16.8 Å². The number of anilines is 1. The highest BCUT2D eigenvalue weighted by molar-refractivity contribution is 6.30. The lowest BCUT2D eigenvalue weighted by atomic mass is 10.2. The van der Waals surface area contributed by atoms with Crippen molar-refractivity contribution in [2.24, 2.45) is 0 Å². The molecule has 10 heteroatoms.